The number of amidine groups is 1. The molecule has 0 amide bonds. The molecule has 0 aliphatic carbocycles. The molecule has 0 radical (unpaired) electrons. The van der Waals surface area contributed by atoms with Gasteiger partial charge in [0.15, 0.2) is 0 Å². The van der Waals surface area contributed by atoms with E-state index in [1.807, 2.05) is 0 Å². The van der Waals surface area contributed by atoms with Crippen LogP contribution in [0.1, 0.15) is 5.56 Å². The Hall–Kier alpha value is -2.15. The van der Waals surface area contributed by atoms with E-state index < -0.39 is 4.92 Å². The second kappa shape index (κ2) is 6.69. The van der Waals surface area contributed by atoms with E-state index in [1.54, 1.807) is 32.2 Å². The molecule has 0 fully saturated rings. The molecular formula is C12H18N4O3. The van der Waals surface area contributed by atoms with Crippen LogP contribution in [0.25, 0.3) is 0 Å². The maximum atomic E-state index is 10.8. The number of ether oxygens (including phenoxy) is 1. The van der Waals surface area contributed by atoms with Gasteiger partial charge >= 0.3 is 0 Å². The SMILES string of the molecule is COCCNc1ccc([N+](=O)[O-])cc1C(=N)N(C)C. The Morgan fingerprint density at radius 1 is 1.53 bits per heavy atom. The Morgan fingerprint density at radius 2 is 2.21 bits per heavy atom. The number of methoxy groups -OCH3 is 1. The fourth-order valence-electron chi connectivity index (χ4n) is 1.52. The molecule has 0 aliphatic rings. The van der Waals surface area contributed by atoms with E-state index in [2.05, 4.69) is 5.32 Å². The summed E-state index contributed by atoms with van der Waals surface area (Å²) in [6, 6.07) is 4.43. The molecule has 0 aliphatic heterocycles. The minimum Gasteiger partial charge on any atom is -0.383 e. The molecule has 1 rings (SSSR count). The zero-order valence-corrected chi connectivity index (χ0v) is 11.3. The average Bonchev–Trinajstić information content (AvgIpc) is 2.38. The van der Waals surface area contributed by atoms with E-state index in [0.29, 0.717) is 24.4 Å². The monoisotopic (exact) mass is 266 g/mol. The van der Waals surface area contributed by atoms with Gasteiger partial charge in [-0.25, -0.2) is 0 Å². The molecule has 0 atom stereocenters. The molecule has 0 saturated heterocycles. The van der Waals surface area contributed by atoms with Gasteiger partial charge in [0.1, 0.15) is 5.84 Å². The number of rotatable bonds is 6. The summed E-state index contributed by atoms with van der Waals surface area (Å²) in [6.07, 6.45) is 0. The number of hydrogen-bond acceptors (Lipinski definition) is 5. The molecule has 0 aromatic heterocycles. The average molecular weight is 266 g/mol. The molecule has 0 bridgehead atoms. The van der Waals surface area contributed by atoms with Crippen molar-refractivity contribution in [2.75, 3.05) is 39.7 Å². The van der Waals surface area contributed by atoms with Crippen molar-refractivity contribution in [3.63, 3.8) is 0 Å². The molecule has 0 saturated carbocycles. The molecule has 0 heterocycles. The van der Waals surface area contributed by atoms with Gasteiger partial charge in [0.05, 0.1) is 11.5 Å². The minimum atomic E-state index is -0.467. The van der Waals surface area contributed by atoms with Crippen LogP contribution in [-0.2, 0) is 4.74 Å². The smallest absolute Gasteiger partial charge is 0.270 e. The second-order valence-electron chi connectivity index (χ2n) is 4.15. The lowest BCUT2D eigenvalue weighted by Gasteiger charge is -2.17. The lowest BCUT2D eigenvalue weighted by Crippen LogP contribution is -2.23. The van der Waals surface area contributed by atoms with Crippen molar-refractivity contribution >= 4 is 17.2 Å². The van der Waals surface area contributed by atoms with Crippen molar-refractivity contribution in [3.8, 4) is 0 Å². The molecule has 1 aromatic carbocycles. The molecule has 104 valence electrons. The third-order valence-corrected chi connectivity index (χ3v) is 2.54. The van der Waals surface area contributed by atoms with Gasteiger partial charge in [-0.3, -0.25) is 15.5 Å². The summed E-state index contributed by atoms with van der Waals surface area (Å²) >= 11 is 0. The molecule has 7 nitrogen and oxygen atoms in total. The molecule has 7 heteroatoms. The van der Waals surface area contributed by atoms with E-state index >= 15 is 0 Å². The third kappa shape index (κ3) is 3.92. The fraction of sp³-hybridized carbons (Fsp3) is 0.417. The van der Waals surface area contributed by atoms with Gasteiger partial charge in [-0.1, -0.05) is 0 Å². The molecule has 0 spiro atoms. The Bertz CT molecular complexity index is 474. The molecule has 1 aromatic rings. The van der Waals surface area contributed by atoms with Gasteiger partial charge in [0.2, 0.25) is 0 Å². The fourth-order valence-corrected chi connectivity index (χ4v) is 1.52. The van der Waals surface area contributed by atoms with Crippen LogP contribution in [0.2, 0.25) is 0 Å². The summed E-state index contributed by atoms with van der Waals surface area (Å²) < 4.78 is 4.94. The van der Waals surface area contributed by atoms with E-state index in [0.717, 1.165) is 0 Å². The van der Waals surface area contributed by atoms with Crippen molar-refractivity contribution in [2.45, 2.75) is 0 Å². The maximum Gasteiger partial charge on any atom is 0.270 e. The number of benzene rings is 1. The van der Waals surface area contributed by atoms with Crippen LogP contribution < -0.4 is 5.32 Å². The van der Waals surface area contributed by atoms with Crippen LogP contribution in [0, 0.1) is 15.5 Å². The number of non-ortho nitro benzene ring substituents is 1. The van der Waals surface area contributed by atoms with Gasteiger partial charge in [-0.05, 0) is 6.07 Å². The molecule has 2 N–H and O–H groups in total. The highest BCUT2D eigenvalue weighted by molar-refractivity contribution is 6.01. The van der Waals surface area contributed by atoms with E-state index in [4.69, 9.17) is 10.1 Å². The number of anilines is 1. The van der Waals surface area contributed by atoms with Crippen LogP contribution in [0.3, 0.4) is 0 Å². The Labute approximate surface area is 111 Å². The first-order valence-electron chi connectivity index (χ1n) is 5.75. The quantitative estimate of drug-likeness (QED) is 0.268. The summed E-state index contributed by atoms with van der Waals surface area (Å²) in [6.45, 7) is 1.09. The third-order valence-electron chi connectivity index (χ3n) is 2.54. The predicted octanol–water partition coefficient (Wildman–Crippen LogP) is 1.54. The number of nitrogens with zero attached hydrogens (tertiary/aromatic N) is 2. The molecule has 0 unspecified atom stereocenters. The van der Waals surface area contributed by atoms with Crippen LogP contribution in [0.4, 0.5) is 11.4 Å². The van der Waals surface area contributed by atoms with Gasteiger partial charge in [0, 0.05) is 51.1 Å². The Balaban J connectivity index is 3.07. The normalized spacial score (nSPS) is 10.1. The van der Waals surface area contributed by atoms with E-state index in [1.165, 1.54) is 12.1 Å². The molecule has 19 heavy (non-hydrogen) atoms. The van der Waals surface area contributed by atoms with Crippen molar-refractivity contribution in [2.24, 2.45) is 0 Å². The zero-order chi connectivity index (χ0) is 14.4. The van der Waals surface area contributed by atoms with E-state index in [9.17, 15) is 10.1 Å². The van der Waals surface area contributed by atoms with Crippen LogP contribution in [0.5, 0.6) is 0 Å². The maximum absolute atomic E-state index is 10.8. The lowest BCUT2D eigenvalue weighted by molar-refractivity contribution is -0.384. The van der Waals surface area contributed by atoms with Crippen molar-refractivity contribution in [3.05, 3.63) is 33.9 Å². The van der Waals surface area contributed by atoms with Crippen LogP contribution in [0.15, 0.2) is 18.2 Å². The van der Waals surface area contributed by atoms with Gasteiger partial charge < -0.3 is 15.0 Å². The summed E-state index contributed by atoms with van der Waals surface area (Å²) in [5.41, 5.74) is 1.15. The van der Waals surface area contributed by atoms with Gasteiger partial charge in [0.25, 0.3) is 5.69 Å². The highest BCUT2D eigenvalue weighted by Crippen LogP contribution is 2.23. The van der Waals surface area contributed by atoms with E-state index in [-0.39, 0.29) is 11.5 Å². The number of nitrogens with one attached hydrogen (secondary N) is 2. The number of nitro groups is 1. The summed E-state index contributed by atoms with van der Waals surface area (Å²) in [7, 11) is 5.04. The summed E-state index contributed by atoms with van der Waals surface area (Å²) in [5.74, 6) is 0.212. The highest BCUT2D eigenvalue weighted by atomic mass is 16.6. The number of nitro benzene ring substituents is 1. The van der Waals surface area contributed by atoms with Gasteiger partial charge in [-0.2, -0.15) is 0 Å². The second-order valence-corrected chi connectivity index (χ2v) is 4.15. The topological polar surface area (TPSA) is 91.5 Å². The predicted molar refractivity (Wildman–Crippen MR) is 74.0 cm³/mol. The van der Waals surface area contributed by atoms with Crippen molar-refractivity contribution < 1.29 is 9.66 Å². The van der Waals surface area contributed by atoms with Crippen LogP contribution in [-0.4, -0.2) is 50.0 Å². The van der Waals surface area contributed by atoms with Crippen LogP contribution >= 0.6 is 0 Å². The zero-order valence-electron chi connectivity index (χ0n) is 11.3. The Kier molecular flexibility index (Phi) is 5.25. The highest BCUT2D eigenvalue weighted by Gasteiger charge is 2.15. The standard InChI is InChI=1S/C12H18N4O3/c1-15(2)12(13)10-8-9(16(17)18)4-5-11(10)14-6-7-19-3/h4-5,8,13-14H,6-7H2,1-3H3. The largest absolute Gasteiger partial charge is 0.383 e. The molecular weight excluding hydrogens is 248 g/mol. The minimum absolute atomic E-state index is 0.0288. The summed E-state index contributed by atoms with van der Waals surface area (Å²) in [4.78, 5) is 11.9. The van der Waals surface area contributed by atoms with Crippen molar-refractivity contribution in [1.29, 1.82) is 5.41 Å². The van der Waals surface area contributed by atoms with Gasteiger partial charge in [-0.15, -0.1) is 0 Å². The lowest BCUT2D eigenvalue weighted by atomic mass is 10.1. The first kappa shape index (κ1) is 14.9. The Morgan fingerprint density at radius 3 is 2.74 bits per heavy atom. The first-order valence-corrected chi connectivity index (χ1v) is 5.75. The first-order chi connectivity index (χ1) is 8.97. The van der Waals surface area contributed by atoms with Crippen molar-refractivity contribution in [1.82, 2.24) is 4.90 Å². The summed E-state index contributed by atoms with van der Waals surface area (Å²) in [5, 5.41) is 21.9. The number of hydrogen-bond donors (Lipinski definition) is 2.